The summed E-state index contributed by atoms with van der Waals surface area (Å²) in [5.41, 5.74) is 1.91. The number of anilines is 1. The molecular formula is C21H18Cl2N4O3. The maximum atomic E-state index is 12.1. The molecule has 0 N–H and O–H groups in total. The summed E-state index contributed by atoms with van der Waals surface area (Å²) in [4.78, 5) is 29.6. The number of aromatic nitrogens is 2. The number of nitrogens with zero attached hydrogens (tertiary/aromatic N) is 4. The molecule has 0 bridgehead atoms. The monoisotopic (exact) mass is 444 g/mol. The molecular weight excluding hydrogens is 427 g/mol. The highest BCUT2D eigenvalue weighted by molar-refractivity contribution is 6.36. The average Bonchev–Trinajstić information content (AvgIpc) is 3.10. The number of benzene rings is 2. The number of hydrogen-bond acceptors (Lipinski definition) is 5. The van der Waals surface area contributed by atoms with Gasteiger partial charge in [-0.3, -0.25) is 9.59 Å². The van der Waals surface area contributed by atoms with Crippen LogP contribution < -0.4 is 9.64 Å². The number of imide groups is 1. The van der Waals surface area contributed by atoms with Crippen LogP contribution in [0.25, 0.3) is 11.3 Å². The first-order valence-electron chi connectivity index (χ1n) is 8.84. The molecule has 0 aliphatic carbocycles. The zero-order valence-electron chi connectivity index (χ0n) is 16.5. The van der Waals surface area contributed by atoms with Gasteiger partial charge in [-0.15, -0.1) is 0 Å². The predicted octanol–water partition coefficient (Wildman–Crippen LogP) is 4.65. The maximum Gasteiger partial charge on any atom is 0.241 e. The molecule has 154 valence electrons. The predicted molar refractivity (Wildman–Crippen MR) is 118 cm³/mol. The van der Waals surface area contributed by atoms with Crippen LogP contribution in [0.4, 0.5) is 5.95 Å². The number of ether oxygens (including phenoxy) is 1. The molecule has 0 unspecified atom stereocenters. The average molecular weight is 445 g/mol. The van der Waals surface area contributed by atoms with Gasteiger partial charge in [-0.05, 0) is 36.4 Å². The van der Waals surface area contributed by atoms with Crippen molar-refractivity contribution in [3.05, 3.63) is 64.3 Å². The molecule has 0 atom stereocenters. The fourth-order valence-electron chi connectivity index (χ4n) is 2.73. The number of halogens is 2. The summed E-state index contributed by atoms with van der Waals surface area (Å²) in [5.74, 6) is -0.184. The largest absolute Gasteiger partial charge is 0.497 e. The van der Waals surface area contributed by atoms with E-state index >= 15 is 0 Å². The Kier molecular flexibility index (Phi) is 6.54. The minimum absolute atomic E-state index is 0.0714. The molecule has 0 radical (unpaired) electrons. The Morgan fingerprint density at radius 2 is 1.77 bits per heavy atom. The molecule has 0 aliphatic heterocycles. The van der Waals surface area contributed by atoms with Crippen molar-refractivity contribution in [2.75, 3.05) is 12.0 Å². The van der Waals surface area contributed by atoms with Crippen LogP contribution in [0, 0.1) is 0 Å². The Hall–Kier alpha value is -3.16. The summed E-state index contributed by atoms with van der Waals surface area (Å²) in [7, 11) is 1.58. The zero-order valence-corrected chi connectivity index (χ0v) is 18.0. The van der Waals surface area contributed by atoms with Gasteiger partial charge in [0.15, 0.2) is 0 Å². The molecule has 0 saturated heterocycles. The molecule has 2 amide bonds. The summed E-state index contributed by atoms with van der Waals surface area (Å²) < 4.78 is 6.53. The van der Waals surface area contributed by atoms with Crippen molar-refractivity contribution in [3.8, 4) is 17.0 Å². The lowest BCUT2D eigenvalue weighted by atomic mass is 10.2. The second-order valence-corrected chi connectivity index (χ2v) is 7.13. The second-order valence-electron chi connectivity index (χ2n) is 6.28. The molecule has 1 heterocycles. The molecule has 0 aliphatic rings. The summed E-state index contributed by atoms with van der Waals surface area (Å²) in [6.07, 6.45) is 3.12. The third-order valence-electron chi connectivity index (χ3n) is 4.17. The molecule has 30 heavy (non-hydrogen) atoms. The SMILES string of the molecule is COc1ccc(-c2cn(/N=C/c3ccc(Cl)cc3Cl)c(N(C(C)=O)C(C)=O)n2)cc1. The molecule has 7 nitrogen and oxygen atoms in total. The Balaban J connectivity index is 2.08. The van der Waals surface area contributed by atoms with Crippen molar-refractivity contribution < 1.29 is 14.3 Å². The first-order valence-corrected chi connectivity index (χ1v) is 9.60. The van der Waals surface area contributed by atoms with E-state index in [9.17, 15) is 9.59 Å². The number of amides is 2. The van der Waals surface area contributed by atoms with E-state index < -0.39 is 11.8 Å². The fourth-order valence-corrected chi connectivity index (χ4v) is 3.19. The van der Waals surface area contributed by atoms with Gasteiger partial charge in [0.05, 0.1) is 30.2 Å². The van der Waals surface area contributed by atoms with Gasteiger partial charge >= 0.3 is 0 Å². The van der Waals surface area contributed by atoms with E-state index in [0.717, 1.165) is 10.5 Å². The lowest BCUT2D eigenvalue weighted by Crippen LogP contribution is -2.35. The van der Waals surface area contributed by atoms with E-state index in [4.69, 9.17) is 27.9 Å². The van der Waals surface area contributed by atoms with Crippen LogP contribution in [0.2, 0.25) is 10.0 Å². The molecule has 0 fully saturated rings. The molecule has 9 heteroatoms. The van der Waals surface area contributed by atoms with E-state index in [0.29, 0.717) is 27.1 Å². The molecule has 3 aromatic rings. The minimum atomic E-state index is -0.477. The second kappa shape index (κ2) is 9.11. The normalized spacial score (nSPS) is 11.0. The van der Waals surface area contributed by atoms with Gasteiger partial charge in [0.2, 0.25) is 17.8 Å². The molecule has 1 aromatic heterocycles. The van der Waals surface area contributed by atoms with Gasteiger partial charge in [-0.25, -0.2) is 14.6 Å². The third kappa shape index (κ3) is 4.69. The van der Waals surface area contributed by atoms with Gasteiger partial charge in [0.25, 0.3) is 0 Å². The fraction of sp³-hybridized carbons (Fsp3) is 0.143. The van der Waals surface area contributed by atoms with Crippen LogP contribution in [-0.2, 0) is 9.59 Å². The van der Waals surface area contributed by atoms with Crippen LogP contribution >= 0.6 is 23.2 Å². The zero-order chi connectivity index (χ0) is 21.8. The van der Waals surface area contributed by atoms with Crippen LogP contribution in [-0.4, -0.2) is 34.8 Å². The standard InChI is InChI=1S/C21H18Cl2N4O3/c1-13(28)27(14(2)29)21-25-20(15-5-8-18(30-3)9-6-15)12-26(21)24-11-16-4-7-17(22)10-19(16)23/h4-12H,1-3H3/b24-11+. The van der Waals surface area contributed by atoms with Gasteiger partial charge in [0, 0.05) is 30.0 Å². The summed E-state index contributed by atoms with van der Waals surface area (Å²) in [6.45, 7) is 2.57. The number of imidazole rings is 1. The van der Waals surface area contributed by atoms with E-state index in [1.54, 1.807) is 43.6 Å². The van der Waals surface area contributed by atoms with Gasteiger partial charge in [0.1, 0.15) is 5.75 Å². The lowest BCUT2D eigenvalue weighted by molar-refractivity contribution is -0.124. The van der Waals surface area contributed by atoms with Gasteiger partial charge in [-0.2, -0.15) is 5.10 Å². The highest BCUT2D eigenvalue weighted by Gasteiger charge is 2.23. The highest BCUT2D eigenvalue weighted by atomic mass is 35.5. The Bertz CT molecular complexity index is 1110. The number of rotatable bonds is 5. The van der Waals surface area contributed by atoms with Crippen molar-refractivity contribution in [2.24, 2.45) is 5.10 Å². The van der Waals surface area contributed by atoms with E-state index in [2.05, 4.69) is 10.1 Å². The third-order valence-corrected chi connectivity index (χ3v) is 4.73. The number of carbonyl (C=O) groups excluding carboxylic acids is 2. The number of hydrogen-bond donors (Lipinski definition) is 0. The number of methoxy groups -OCH3 is 1. The van der Waals surface area contributed by atoms with Gasteiger partial charge < -0.3 is 4.74 Å². The van der Waals surface area contributed by atoms with Crippen LogP contribution in [0.3, 0.4) is 0 Å². The van der Waals surface area contributed by atoms with E-state index in [1.807, 2.05) is 12.1 Å². The summed E-state index contributed by atoms with van der Waals surface area (Å²) >= 11 is 12.1. The minimum Gasteiger partial charge on any atom is -0.497 e. The van der Waals surface area contributed by atoms with E-state index in [1.165, 1.54) is 24.7 Å². The smallest absolute Gasteiger partial charge is 0.241 e. The van der Waals surface area contributed by atoms with Crippen molar-refractivity contribution in [2.45, 2.75) is 13.8 Å². The summed E-state index contributed by atoms with van der Waals surface area (Å²) in [6, 6.07) is 12.2. The number of carbonyl (C=O) groups is 2. The highest BCUT2D eigenvalue weighted by Crippen LogP contribution is 2.26. The first-order chi connectivity index (χ1) is 14.3. The van der Waals surface area contributed by atoms with Crippen molar-refractivity contribution in [1.82, 2.24) is 9.66 Å². The van der Waals surface area contributed by atoms with Crippen molar-refractivity contribution in [3.63, 3.8) is 0 Å². The Morgan fingerprint density at radius 1 is 1.10 bits per heavy atom. The van der Waals surface area contributed by atoms with E-state index in [-0.39, 0.29) is 5.95 Å². The topological polar surface area (TPSA) is 76.8 Å². The van der Waals surface area contributed by atoms with Crippen LogP contribution in [0.5, 0.6) is 5.75 Å². The Morgan fingerprint density at radius 3 is 2.33 bits per heavy atom. The quantitative estimate of drug-likeness (QED) is 0.536. The molecule has 2 aromatic carbocycles. The first kappa shape index (κ1) is 21.5. The maximum absolute atomic E-state index is 12.1. The van der Waals surface area contributed by atoms with Crippen LogP contribution in [0.15, 0.2) is 53.8 Å². The molecule has 3 rings (SSSR count). The molecule has 0 spiro atoms. The van der Waals surface area contributed by atoms with Crippen molar-refractivity contribution >= 4 is 47.2 Å². The molecule has 0 saturated carbocycles. The van der Waals surface area contributed by atoms with Crippen LogP contribution in [0.1, 0.15) is 19.4 Å². The van der Waals surface area contributed by atoms with Gasteiger partial charge in [-0.1, -0.05) is 29.3 Å². The van der Waals surface area contributed by atoms with Crippen molar-refractivity contribution in [1.29, 1.82) is 0 Å². The Labute approximate surface area is 183 Å². The summed E-state index contributed by atoms with van der Waals surface area (Å²) in [5, 5.41) is 5.28. The lowest BCUT2D eigenvalue weighted by Gasteiger charge is -2.15.